The highest BCUT2D eigenvalue weighted by Crippen LogP contribution is 2.14. The summed E-state index contributed by atoms with van der Waals surface area (Å²) < 4.78 is 34.8. The molecule has 0 aliphatic carbocycles. The molecule has 1 aromatic rings. The van der Waals surface area contributed by atoms with Crippen LogP contribution in [0.1, 0.15) is 19.1 Å². The second-order valence-electron chi connectivity index (χ2n) is 3.26. The second-order valence-corrected chi connectivity index (χ2v) is 4.61. The normalized spacial score (nSPS) is 11.9. The summed E-state index contributed by atoms with van der Waals surface area (Å²) in [5.41, 5.74) is 0. The number of nitrogens with one attached hydrogen (secondary N) is 1. The summed E-state index contributed by atoms with van der Waals surface area (Å²) in [4.78, 5) is 11.2. The zero-order valence-electron chi connectivity index (χ0n) is 9.21. The van der Waals surface area contributed by atoms with Crippen LogP contribution in [-0.2, 0) is 14.9 Å². The fraction of sp³-hybridized carbons (Fsp3) is 0.300. The monoisotopic (exact) mass is 259 g/mol. The molecule has 1 aromatic heterocycles. The maximum absolute atomic E-state index is 11.2. The molecule has 0 radical (unpaired) electrons. The zero-order chi connectivity index (χ0) is 12.9. The van der Waals surface area contributed by atoms with E-state index in [4.69, 9.17) is 8.97 Å². The van der Waals surface area contributed by atoms with E-state index in [9.17, 15) is 13.2 Å². The molecule has 0 fully saturated rings. The van der Waals surface area contributed by atoms with E-state index < -0.39 is 15.2 Å². The largest absolute Gasteiger partial charge is 0.443 e. The summed E-state index contributed by atoms with van der Waals surface area (Å²) in [5.74, 6) is -0.124. The Balaban J connectivity index is 2.67. The predicted molar refractivity (Wildman–Crippen MR) is 60.9 cm³/mol. The number of carbonyl (C=O) groups excluding carboxylic acids is 1. The molecule has 1 amide bonds. The van der Waals surface area contributed by atoms with Gasteiger partial charge < -0.3 is 9.73 Å². The minimum atomic E-state index is -4.34. The van der Waals surface area contributed by atoms with Crippen LogP contribution in [0.5, 0.6) is 0 Å². The van der Waals surface area contributed by atoms with Gasteiger partial charge in [0.25, 0.3) is 0 Å². The van der Waals surface area contributed by atoms with Gasteiger partial charge in [0.15, 0.2) is 0 Å². The zero-order valence-corrected chi connectivity index (χ0v) is 10.0. The fourth-order valence-corrected chi connectivity index (χ4v) is 1.47. The van der Waals surface area contributed by atoms with Crippen LogP contribution in [-0.4, -0.2) is 25.4 Å². The summed E-state index contributed by atoms with van der Waals surface area (Å²) in [7, 11) is -4.34. The highest BCUT2D eigenvalue weighted by molar-refractivity contribution is 7.85. The van der Waals surface area contributed by atoms with Gasteiger partial charge >= 0.3 is 10.1 Å². The first-order valence-electron chi connectivity index (χ1n) is 4.96. The van der Waals surface area contributed by atoms with Crippen molar-refractivity contribution >= 4 is 22.1 Å². The Labute approximate surface area is 99.1 Å². The molecule has 94 valence electrons. The number of amides is 1. The van der Waals surface area contributed by atoms with Gasteiger partial charge in [-0.2, -0.15) is 8.42 Å². The Bertz CT molecular complexity index is 515. The summed E-state index contributed by atoms with van der Waals surface area (Å²) in [6.07, 6.45) is 3.37. The first-order valence-corrected chi connectivity index (χ1v) is 6.40. The highest BCUT2D eigenvalue weighted by Gasteiger charge is 2.13. The van der Waals surface area contributed by atoms with Crippen molar-refractivity contribution in [3.05, 3.63) is 24.0 Å². The van der Waals surface area contributed by atoms with Crippen molar-refractivity contribution in [3.8, 4) is 0 Å². The standard InChI is InChI=1S/C10H13NO5S/c1-2-7-11-9(12)5-3-8-4-6-10(16-8)17(13,14)15/h3-6H,2,7H2,1H3,(H,11,12)(H,13,14,15). The Morgan fingerprint density at radius 1 is 1.53 bits per heavy atom. The Hall–Kier alpha value is -1.60. The topological polar surface area (TPSA) is 96.6 Å². The van der Waals surface area contributed by atoms with Crippen LogP contribution in [0.25, 0.3) is 6.08 Å². The first kappa shape index (κ1) is 13.5. The Kier molecular flexibility index (Phi) is 4.47. The maximum atomic E-state index is 11.2. The van der Waals surface area contributed by atoms with Crippen molar-refractivity contribution in [3.63, 3.8) is 0 Å². The number of carbonyl (C=O) groups is 1. The van der Waals surface area contributed by atoms with Gasteiger partial charge in [0.05, 0.1) is 0 Å². The lowest BCUT2D eigenvalue weighted by Crippen LogP contribution is -2.21. The van der Waals surface area contributed by atoms with E-state index in [-0.39, 0.29) is 11.7 Å². The maximum Gasteiger partial charge on any atom is 0.328 e. The molecule has 17 heavy (non-hydrogen) atoms. The molecular formula is C10H13NO5S. The number of rotatable bonds is 5. The Morgan fingerprint density at radius 2 is 2.24 bits per heavy atom. The van der Waals surface area contributed by atoms with Gasteiger partial charge in [0, 0.05) is 12.6 Å². The van der Waals surface area contributed by atoms with Gasteiger partial charge in [0.2, 0.25) is 11.0 Å². The average Bonchev–Trinajstić information content (AvgIpc) is 2.71. The van der Waals surface area contributed by atoms with Gasteiger partial charge in [-0.05, 0) is 24.6 Å². The molecule has 1 rings (SSSR count). The fourth-order valence-electron chi connectivity index (χ4n) is 1.03. The second kappa shape index (κ2) is 5.65. The van der Waals surface area contributed by atoms with Crippen molar-refractivity contribution < 1.29 is 22.2 Å². The van der Waals surface area contributed by atoms with Gasteiger partial charge in [-0.3, -0.25) is 9.35 Å². The lowest BCUT2D eigenvalue weighted by Gasteiger charge is -1.96. The summed E-state index contributed by atoms with van der Waals surface area (Å²) in [5, 5.41) is 2.05. The van der Waals surface area contributed by atoms with Crippen LogP contribution in [0.3, 0.4) is 0 Å². The lowest BCUT2D eigenvalue weighted by molar-refractivity contribution is -0.116. The van der Waals surface area contributed by atoms with Crippen LogP contribution in [0.4, 0.5) is 0 Å². The number of furan rings is 1. The van der Waals surface area contributed by atoms with E-state index >= 15 is 0 Å². The molecule has 0 aromatic carbocycles. The van der Waals surface area contributed by atoms with Crippen LogP contribution < -0.4 is 5.32 Å². The molecule has 0 spiro atoms. The average molecular weight is 259 g/mol. The summed E-state index contributed by atoms with van der Waals surface area (Å²) in [6.45, 7) is 2.49. The van der Waals surface area contributed by atoms with E-state index in [0.717, 1.165) is 12.5 Å². The van der Waals surface area contributed by atoms with E-state index in [1.165, 1.54) is 18.2 Å². The first-order chi connectivity index (χ1) is 7.93. The van der Waals surface area contributed by atoms with Crippen molar-refractivity contribution in [1.29, 1.82) is 0 Å². The third-order valence-electron chi connectivity index (χ3n) is 1.80. The summed E-state index contributed by atoms with van der Waals surface area (Å²) >= 11 is 0. The molecule has 0 atom stereocenters. The van der Waals surface area contributed by atoms with Crippen molar-refractivity contribution in [1.82, 2.24) is 5.32 Å². The third-order valence-corrected chi connectivity index (χ3v) is 2.53. The van der Waals surface area contributed by atoms with Crippen molar-refractivity contribution in [2.75, 3.05) is 6.54 Å². The highest BCUT2D eigenvalue weighted by atomic mass is 32.2. The van der Waals surface area contributed by atoms with Crippen molar-refractivity contribution in [2.45, 2.75) is 18.4 Å². The minimum absolute atomic E-state index is 0.171. The van der Waals surface area contributed by atoms with Gasteiger partial charge in [-0.25, -0.2) is 0 Å². The van der Waals surface area contributed by atoms with Crippen molar-refractivity contribution in [2.24, 2.45) is 0 Å². The van der Waals surface area contributed by atoms with E-state index in [1.807, 2.05) is 6.92 Å². The van der Waals surface area contributed by atoms with Gasteiger partial charge in [0.1, 0.15) is 5.76 Å². The number of hydrogen-bond acceptors (Lipinski definition) is 4. The number of hydrogen-bond donors (Lipinski definition) is 2. The summed E-state index contributed by atoms with van der Waals surface area (Å²) in [6, 6.07) is 2.45. The third kappa shape index (κ3) is 4.41. The molecule has 0 unspecified atom stereocenters. The quantitative estimate of drug-likeness (QED) is 0.609. The molecule has 0 aliphatic heterocycles. The predicted octanol–water partition coefficient (Wildman–Crippen LogP) is 1.07. The molecule has 6 nitrogen and oxygen atoms in total. The van der Waals surface area contributed by atoms with E-state index in [0.29, 0.717) is 6.54 Å². The van der Waals surface area contributed by atoms with E-state index in [1.54, 1.807) is 0 Å². The minimum Gasteiger partial charge on any atom is -0.443 e. The molecule has 0 aliphatic rings. The molecule has 0 bridgehead atoms. The molecule has 0 saturated carbocycles. The van der Waals surface area contributed by atoms with Crippen LogP contribution in [0.15, 0.2) is 27.7 Å². The van der Waals surface area contributed by atoms with Crippen LogP contribution in [0.2, 0.25) is 0 Å². The van der Waals surface area contributed by atoms with Crippen LogP contribution >= 0.6 is 0 Å². The van der Waals surface area contributed by atoms with E-state index in [2.05, 4.69) is 5.32 Å². The lowest BCUT2D eigenvalue weighted by atomic mass is 10.4. The molecule has 1 heterocycles. The smallest absolute Gasteiger partial charge is 0.328 e. The van der Waals surface area contributed by atoms with Gasteiger partial charge in [-0.15, -0.1) is 0 Å². The Morgan fingerprint density at radius 3 is 2.76 bits per heavy atom. The van der Waals surface area contributed by atoms with Gasteiger partial charge in [-0.1, -0.05) is 6.92 Å². The molecule has 2 N–H and O–H groups in total. The molecular weight excluding hydrogens is 246 g/mol. The molecule has 0 saturated heterocycles. The SMILES string of the molecule is CCCNC(=O)C=Cc1ccc(S(=O)(=O)O)o1. The molecule has 7 heteroatoms. The van der Waals surface area contributed by atoms with Crippen LogP contribution in [0, 0.1) is 0 Å².